The molecule has 6 nitrogen and oxygen atoms in total. The summed E-state index contributed by atoms with van der Waals surface area (Å²) in [5, 5.41) is 3.68. The summed E-state index contributed by atoms with van der Waals surface area (Å²) in [7, 11) is 0. The molecule has 2 aliphatic rings. The predicted molar refractivity (Wildman–Crippen MR) is 98.2 cm³/mol. The second-order valence-corrected chi connectivity index (χ2v) is 7.46. The van der Waals surface area contributed by atoms with E-state index in [1.54, 1.807) is 0 Å². The first-order valence-corrected chi connectivity index (χ1v) is 9.40. The Bertz CT molecular complexity index is 577. The van der Waals surface area contributed by atoms with Gasteiger partial charge in [0.15, 0.2) is 0 Å². The largest absolute Gasteiger partial charge is 0.375 e. The maximum absolute atomic E-state index is 11.4. The van der Waals surface area contributed by atoms with E-state index in [1.807, 2.05) is 12.3 Å². The first kappa shape index (κ1) is 18.1. The minimum absolute atomic E-state index is 0.00625. The summed E-state index contributed by atoms with van der Waals surface area (Å²) in [6.07, 6.45) is 6.18. The molecule has 0 bridgehead atoms. The lowest BCUT2D eigenvalue weighted by atomic mass is 9.96. The third-order valence-corrected chi connectivity index (χ3v) is 5.34. The van der Waals surface area contributed by atoms with Gasteiger partial charge in [-0.3, -0.25) is 4.79 Å². The van der Waals surface area contributed by atoms with Crippen molar-refractivity contribution in [3.05, 3.63) is 23.9 Å². The number of rotatable bonds is 5. The number of carbonyl (C=O) groups excluding carboxylic acids is 1. The molecule has 3 N–H and O–H groups in total. The predicted octanol–water partition coefficient (Wildman–Crippen LogP) is 1.83. The summed E-state index contributed by atoms with van der Waals surface area (Å²) in [6.45, 7) is 6.76. The van der Waals surface area contributed by atoms with Gasteiger partial charge in [-0.15, -0.1) is 0 Å². The van der Waals surface area contributed by atoms with Crippen molar-refractivity contribution < 1.29 is 9.53 Å². The Morgan fingerprint density at radius 2 is 2.00 bits per heavy atom. The van der Waals surface area contributed by atoms with Crippen molar-refractivity contribution in [2.75, 3.05) is 18.0 Å². The SMILES string of the molecule is C[C@@H]1CC(NCc2cccnc2N2CCC(C(N)=O)CC2)C[C@H](C)O1. The number of nitrogens with two attached hydrogens (primary N) is 1. The Balaban J connectivity index is 1.60. The van der Waals surface area contributed by atoms with Crippen molar-refractivity contribution >= 4 is 11.7 Å². The van der Waals surface area contributed by atoms with Gasteiger partial charge in [0.25, 0.3) is 0 Å². The monoisotopic (exact) mass is 346 g/mol. The number of hydrogen-bond donors (Lipinski definition) is 2. The van der Waals surface area contributed by atoms with Crippen LogP contribution in [0.5, 0.6) is 0 Å². The number of nitrogens with zero attached hydrogens (tertiary/aromatic N) is 2. The van der Waals surface area contributed by atoms with E-state index in [9.17, 15) is 4.79 Å². The zero-order valence-corrected chi connectivity index (χ0v) is 15.3. The number of nitrogens with one attached hydrogen (secondary N) is 1. The van der Waals surface area contributed by atoms with E-state index < -0.39 is 0 Å². The van der Waals surface area contributed by atoms with Gasteiger partial charge in [0.1, 0.15) is 5.82 Å². The molecule has 1 aromatic heterocycles. The molecule has 1 aromatic rings. The highest BCUT2D eigenvalue weighted by Gasteiger charge is 2.26. The molecule has 3 atom stereocenters. The smallest absolute Gasteiger partial charge is 0.220 e. The molecule has 6 heteroatoms. The minimum atomic E-state index is -0.176. The van der Waals surface area contributed by atoms with Crippen LogP contribution in [0.25, 0.3) is 0 Å². The molecule has 3 rings (SSSR count). The zero-order valence-electron chi connectivity index (χ0n) is 15.3. The Kier molecular flexibility index (Phi) is 5.91. The standard InChI is InChI=1S/C19H30N4O2/c1-13-10-17(11-14(2)25-13)22-12-16-4-3-7-21-19(16)23-8-5-15(6-9-23)18(20)24/h3-4,7,13-15,17,22H,5-6,8-12H2,1-2H3,(H2,20,24)/t13-,14+,17?. The molecule has 2 saturated heterocycles. The normalized spacial score (nSPS) is 28.1. The Morgan fingerprint density at radius 1 is 1.32 bits per heavy atom. The molecular weight excluding hydrogens is 316 g/mol. The van der Waals surface area contributed by atoms with E-state index in [0.717, 1.165) is 51.1 Å². The van der Waals surface area contributed by atoms with Gasteiger partial charge < -0.3 is 20.7 Å². The number of aromatic nitrogens is 1. The number of ether oxygens (including phenoxy) is 1. The molecule has 25 heavy (non-hydrogen) atoms. The average molecular weight is 346 g/mol. The van der Waals surface area contributed by atoms with Crippen molar-refractivity contribution in [3.63, 3.8) is 0 Å². The molecule has 0 radical (unpaired) electrons. The summed E-state index contributed by atoms with van der Waals surface area (Å²) in [5.74, 6) is 0.864. The number of anilines is 1. The van der Waals surface area contributed by atoms with Crippen LogP contribution in [0, 0.1) is 5.92 Å². The lowest BCUT2D eigenvalue weighted by Crippen LogP contribution is -2.42. The van der Waals surface area contributed by atoms with E-state index in [1.165, 1.54) is 5.56 Å². The van der Waals surface area contributed by atoms with Crippen LogP contribution < -0.4 is 16.0 Å². The Hall–Kier alpha value is -1.66. The second-order valence-electron chi connectivity index (χ2n) is 7.46. The van der Waals surface area contributed by atoms with E-state index in [-0.39, 0.29) is 11.8 Å². The molecule has 1 unspecified atom stereocenters. The highest BCUT2D eigenvalue weighted by molar-refractivity contribution is 5.77. The van der Waals surface area contributed by atoms with E-state index in [0.29, 0.717) is 18.2 Å². The fourth-order valence-electron chi connectivity index (χ4n) is 4.06. The fourth-order valence-corrected chi connectivity index (χ4v) is 4.06. The van der Waals surface area contributed by atoms with Gasteiger partial charge in [0.05, 0.1) is 12.2 Å². The summed E-state index contributed by atoms with van der Waals surface area (Å²) in [4.78, 5) is 18.3. The van der Waals surface area contributed by atoms with Crippen LogP contribution in [-0.4, -0.2) is 42.2 Å². The van der Waals surface area contributed by atoms with Gasteiger partial charge in [-0.05, 0) is 45.6 Å². The zero-order chi connectivity index (χ0) is 17.8. The molecule has 3 heterocycles. The third-order valence-electron chi connectivity index (χ3n) is 5.34. The van der Waals surface area contributed by atoms with Crippen molar-refractivity contribution in [2.45, 2.75) is 64.3 Å². The first-order valence-electron chi connectivity index (χ1n) is 9.40. The van der Waals surface area contributed by atoms with Crippen molar-refractivity contribution in [1.82, 2.24) is 10.3 Å². The van der Waals surface area contributed by atoms with Crippen LogP contribution >= 0.6 is 0 Å². The molecular formula is C19H30N4O2. The Morgan fingerprint density at radius 3 is 2.64 bits per heavy atom. The second kappa shape index (κ2) is 8.15. The average Bonchev–Trinajstić information content (AvgIpc) is 2.59. The van der Waals surface area contributed by atoms with E-state index in [2.05, 4.69) is 35.1 Å². The summed E-state index contributed by atoms with van der Waals surface area (Å²) in [5.41, 5.74) is 6.66. The molecule has 0 aliphatic carbocycles. The maximum atomic E-state index is 11.4. The number of primary amides is 1. The molecule has 1 amide bonds. The van der Waals surface area contributed by atoms with Crippen molar-refractivity contribution in [2.24, 2.45) is 11.7 Å². The highest BCUT2D eigenvalue weighted by Crippen LogP contribution is 2.25. The van der Waals surface area contributed by atoms with Gasteiger partial charge in [-0.1, -0.05) is 6.07 Å². The van der Waals surface area contributed by atoms with Crippen molar-refractivity contribution in [1.29, 1.82) is 0 Å². The van der Waals surface area contributed by atoms with E-state index >= 15 is 0 Å². The number of hydrogen-bond acceptors (Lipinski definition) is 5. The highest BCUT2D eigenvalue weighted by atomic mass is 16.5. The maximum Gasteiger partial charge on any atom is 0.220 e. The molecule has 2 aliphatic heterocycles. The Labute approximate surface area is 150 Å². The molecule has 2 fully saturated rings. The summed E-state index contributed by atoms with van der Waals surface area (Å²) >= 11 is 0. The van der Waals surface area contributed by atoms with Gasteiger partial charge in [-0.25, -0.2) is 4.98 Å². The van der Waals surface area contributed by atoms with Crippen LogP contribution in [0.3, 0.4) is 0 Å². The van der Waals surface area contributed by atoms with Crippen LogP contribution in [0.15, 0.2) is 18.3 Å². The van der Waals surface area contributed by atoms with Gasteiger partial charge >= 0.3 is 0 Å². The van der Waals surface area contributed by atoms with Crippen molar-refractivity contribution in [3.8, 4) is 0 Å². The number of carbonyl (C=O) groups is 1. The third kappa shape index (κ3) is 4.70. The fraction of sp³-hybridized carbons (Fsp3) is 0.684. The van der Waals surface area contributed by atoms with Gasteiger partial charge in [0.2, 0.25) is 5.91 Å². The number of pyridine rings is 1. The van der Waals surface area contributed by atoms with Gasteiger partial charge in [-0.2, -0.15) is 0 Å². The lowest BCUT2D eigenvalue weighted by Gasteiger charge is -2.34. The van der Waals surface area contributed by atoms with Crippen LogP contribution in [0.4, 0.5) is 5.82 Å². The number of piperidine rings is 1. The topological polar surface area (TPSA) is 80.5 Å². The molecule has 0 spiro atoms. The molecule has 0 aromatic carbocycles. The molecule has 0 saturated carbocycles. The summed E-state index contributed by atoms with van der Waals surface area (Å²) < 4.78 is 5.82. The first-order chi connectivity index (χ1) is 12.0. The molecule has 138 valence electrons. The quantitative estimate of drug-likeness (QED) is 0.850. The van der Waals surface area contributed by atoms with E-state index in [4.69, 9.17) is 10.5 Å². The van der Waals surface area contributed by atoms with Gasteiger partial charge in [0, 0.05) is 43.4 Å². The van der Waals surface area contributed by atoms with Crippen LogP contribution in [0.2, 0.25) is 0 Å². The van der Waals surface area contributed by atoms with Crippen LogP contribution in [-0.2, 0) is 16.1 Å². The number of amides is 1. The van der Waals surface area contributed by atoms with Crippen LogP contribution in [0.1, 0.15) is 45.1 Å². The lowest BCUT2D eigenvalue weighted by molar-refractivity contribution is -0.122. The minimum Gasteiger partial charge on any atom is -0.375 e. The summed E-state index contributed by atoms with van der Waals surface area (Å²) in [6, 6.07) is 4.61.